The van der Waals surface area contributed by atoms with Crippen LogP contribution in [0.3, 0.4) is 0 Å². The molecule has 1 aromatic heterocycles. The van der Waals surface area contributed by atoms with Crippen molar-refractivity contribution in [3.05, 3.63) is 76.2 Å². The number of para-hydroxylation sites is 1. The molecule has 3 rings (SSSR count). The SMILES string of the molecule is COc1ccccc1CNC(=O)c1cn(C)c(=O)c2ccccc12. The van der Waals surface area contributed by atoms with Crippen molar-refractivity contribution < 1.29 is 9.53 Å². The summed E-state index contributed by atoms with van der Waals surface area (Å²) in [6, 6.07) is 14.7. The fourth-order valence-electron chi connectivity index (χ4n) is 2.72. The van der Waals surface area contributed by atoms with Crippen LogP contribution in [0.4, 0.5) is 0 Å². The summed E-state index contributed by atoms with van der Waals surface area (Å²) in [6.07, 6.45) is 1.57. The second kappa shape index (κ2) is 6.58. The molecule has 0 unspecified atom stereocenters. The first-order valence-corrected chi connectivity index (χ1v) is 7.60. The summed E-state index contributed by atoms with van der Waals surface area (Å²) < 4.78 is 6.72. The van der Waals surface area contributed by atoms with E-state index < -0.39 is 0 Å². The largest absolute Gasteiger partial charge is 0.496 e. The number of fused-ring (bicyclic) bond motifs is 1. The monoisotopic (exact) mass is 322 g/mol. The van der Waals surface area contributed by atoms with E-state index >= 15 is 0 Å². The van der Waals surface area contributed by atoms with E-state index in [1.807, 2.05) is 30.3 Å². The molecule has 122 valence electrons. The number of benzene rings is 2. The molecule has 0 atom stereocenters. The van der Waals surface area contributed by atoms with Crippen LogP contribution in [-0.2, 0) is 13.6 Å². The minimum atomic E-state index is -0.229. The van der Waals surface area contributed by atoms with Crippen LogP contribution in [0.1, 0.15) is 15.9 Å². The molecule has 0 fully saturated rings. The van der Waals surface area contributed by atoms with E-state index in [1.54, 1.807) is 38.6 Å². The van der Waals surface area contributed by atoms with Crippen molar-refractivity contribution in [3.8, 4) is 5.75 Å². The smallest absolute Gasteiger partial charge is 0.258 e. The van der Waals surface area contributed by atoms with Crippen molar-refractivity contribution in [1.82, 2.24) is 9.88 Å². The van der Waals surface area contributed by atoms with Crippen molar-refractivity contribution in [1.29, 1.82) is 0 Å². The maximum Gasteiger partial charge on any atom is 0.258 e. The van der Waals surface area contributed by atoms with Crippen molar-refractivity contribution in [2.75, 3.05) is 7.11 Å². The van der Waals surface area contributed by atoms with Gasteiger partial charge in [-0.25, -0.2) is 0 Å². The lowest BCUT2D eigenvalue weighted by Gasteiger charge is -2.12. The number of carbonyl (C=O) groups excluding carboxylic acids is 1. The molecule has 3 aromatic rings. The Kier molecular flexibility index (Phi) is 4.33. The Morgan fingerprint density at radius 2 is 1.75 bits per heavy atom. The summed E-state index contributed by atoms with van der Waals surface area (Å²) >= 11 is 0. The highest BCUT2D eigenvalue weighted by Gasteiger charge is 2.14. The number of aromatic nitrogens is 1. The molecule has 1 amide bonds. The van der Waals surface area contributed by atoms with Gasteiger partial charge in [0.1, 0.15) is 5.75 Å². The summed E-state index contributed by atoms with van der Waals surface area (Å²) in [5, 5.41) is 4.08. The van der Waals surface area contributed by atoms with Gasteiger partial charge in [0.05, 0.1) is 12.7 Å². The van der Waals surface area contributed by atoms with Gasteiger partial charge in [0.25, 0.3) is 11.5 Å². The Bertz CT molecular complexity index is 960. The molecule has 1 N–H and O–H groups in total. The van der Waals surface area contributed by atoms with Crippen LogP contribution in [0.25, 0.3) is 10.8 Å². The predicted molar refractivity (Wildman–Crippen MR) is 93.4 cm³/mol. The third-order valence-electron chi connectivity index (χ3n) is 3.97. The normalized spacial score (nSPS) is 10.6. The van der Waals surface area contributed by atoms with Gasteiger partial charge in [-0.1, -0.05) is 36.4 Å². The van der Waals surface area contributed by atoms with Crippen molar-refractivity contribution in [3.63, 3.8) is 0 Å². The molecule has 5 nitrogen and oxygen atoms in total. The van der Waals surface area contributed by atoms with E-state index in [0.29, 0.717) is 22.9 Å². The van der Waals surface area contributed by atoms with Crippen molar-refractivity contribution in [2.24, 2.45) is 7.05 Å². The van der Waals surface area contributed by atoms with Crippen LogP contribution in [0.5, 0.6) is 5.75 Å². The topological polar surface area (TPSA) is 60.3 Å². The van der Waals surface area contributed by atoms with Crippen LogP contribution in [-0.4, -0.2) is 17.6 Å². The maximum absolute atomic E-state index is 12.6. The summed E-state index contributed by atoms with van der Waals surface area (Å²) in [5.41, 5.74) is 1.25. The second-order valence-corrected chi connectivity index (χ2v) is 5.50. The van der Waals surface area contributed by atoms with Crippen LogP contribution in [0.15, 0.2) is 59.5 Å². The number of amides is 1. The lowest BCUT2D eigenvalue weighted by Crippen LogP contribution is -2.26. The average Bonchev–Trinajstić information content (AvgIpc) is 2.63. The number of nitrogens with one attached hydrogen (secondary N) is 1. The summed E-state index contributed by atoms with van der Waals surface area (Å²) in [5.74, 6) is 0.496. The second-order valence-electron chi connectivity index (χ2n) is 5.50. The molecule has 5 heteroatoms. The molecule has 0 saturated carbocycles. The Morgan fingerprint density at radius 1 is 1.08 bits per heavy atom. The number of carbonyl (C=O) groups is 1. The van der Waals surface area contributed by atoms with Gasteiger partial charge in [-0.15, -0.1) is 0 Å². The molecule has 0 saturated heterocycles. The molecule has 1 heterocycles. The van der Waals surface area contributed by atoms with Crippen molar-refractivity contribution in [2.45, 2.75) is 6.54 Å². The van der Waals surface area contributed by atoms with E-state index in [1.165, 1.54) is 4.57 Å². The van der Waals surface area contributed by atoms with E-state index in [2.05, 4.69) is 5.32 Å². The van der Waals surface area contributed by atoms with Crippen LogP contribution in [0.2, 0.25) is 0 Å². The number of hydrogen-bond donors (Lipinski definition) is 1. The van der Waals surface area contributed by atoms with Gasteiger partial charge in [-0.3, -0.25) is 9.59 Å². The lowest BCUT2D eigenvalue weighted by molar-refractivity contribution is 0.0951. The molecular formula is C19H18N2O3. The molecule has 0 radical (unpaired) electrons. The molecule has 0 aliphatic heterocycles. The fraction of sp³-hybridized carbons (Fsp3) is 0.158. The molecule has 0 bridgehead atoms. The summed E-state index contributed by atoms with van der Waals surface area (Å²) in [6.45, 7) is 0.347. The number of methoxy groups -OCH3 is 1. The van der Waals surface area contributed by atoms with Gasteiger partial charge in [0.2, 0.25) is 0 Å². The number of pyridine rings is 1. The highest BCUT2D eigenvalue weighted by atomic mass is 16.5. The van der Waals surface area contributed by atoms with Gasteiger partial charge < -0.3 is 14.6 Å². The third kappa shape index (κ3) is 2.88. The van der Waals surface area contributed by atoms with Gasteiger partial charge in [-0.05, 0) is 12.1 Å². The maximum atomic E-state index is 12.6. The number of rotatable bonds is 4. The Balaban J connectivity index is 1.92. The fourth-order valence-corrected chi connectivity index (χ4v) is 2.72. The number of hydrogen-bond acceptors (Lipinski definition) is 3. The van der Waals surface area contributed by atoms with E-state index in [4.69, 9.17) is 4.74 Å². The lowest BCUT2D eigenvalue weighted by atomic mass is 10.1. The number of nitrogens with zero attached hydrogens (tertiary/aromatic N) is 1. The van der Waals surface area contributed by atoms with Crippen LogP contribution < -0.4 is 15.6 Å². The van der Waals surface area contributed by atoms with E-state index in [9.17, 15) is 9.59 Å². The van der Waals surface area contributed by atoms with Gasteiger partial charge in [-0.2, -0.15) is 0 Å². The first-order chi connectivity index (χ1) is 11.6. The van der Waals surface area contributed by atoms with Gasteiger partial charge in [0, 0.05) is 36.1 Å². The average molecular weight is 322 g/mol. The first kappa shape index (κ1) is 15.8. The van der Waals surface area contributed by atoms with Crippen LogP contribution in [0, 0.1) is 0 Å². The van der Waals surface area contributed by atoms with Gasteiger partial charge >= 0.3 is 0 Å². The zero-order chi connectivity index (χ0) is 17.1. The summed E-state index contributed by atoms with van der Waals surface area (Å²) in [7, 11) is 3.24. The molecule has 0 spiro atoms. The van der Waals surface area contributed by atoms with Gasteiger partial charge in [0.15, 0.2) is 0 Å². The van der Waals surface area contributed by atoms with Crippen molar-refractivity contribution >= 4 is 16.7 Å². The Morgan fingerprint density at radius 3 is 2.50 bits per heavy atom. The van der Waals surface area contributed by atoms with E-state index in [0.717, 1.165) is 11.3 Å². The van der Waals surface area contributed by atoms with Crippen LogP contribution >= 0.6 is 0 Å². The third-order valence-corrected chi connectivity index (χ3v) is 3.97. The molecule has 24 heavy (non-hydrogen) atoms. The summed E-state index contributed by atoms with van der Waals surface area (Å²) in [4.78, 5) is 24.8. The Labute approximate surface area is 139 Å². The zero-order valence-electron chi connectivity index (χ0n) is 13.6. The molecule has 2 aromatic carbocycles. The Hall–Kier alpha value is -3.08. The highest BCUT2D eigenvalue weighted by Crippen LogP contribution is 2.18. The number of aryl methyl sites for hydroxylation is 1. The zero-order valence-corrected chi connectivity index (χ0v) is 13.6. The highest BCUT2D eigenvalue weighted by molar-refractivity contribution is 6.06. The number of ether oxygens (including phenoxy) is 1. The molecular weight excluding hydrogens is 304 g/mol. The molecule has 0 aliphatic rings. The quantitative estimate of drug-likeness (QED) is 0.803. The minimum Gasteiger partial charge on any atom is -0.496 e. The standard InChI is InChI=1S/C19H18N2O3/c1-21-12-16(14-8-4-5-9-15(14)19(21)23)18(22)20-11-13-7-3-6-10-17(13)24-2/h3-10,12H,11H2,1-2H3,(H,20,22). The minimum absolute atomic E-state index is 0.119. The first-order valence-electron chi connectivity index (χ1n) is 7.60. The van der Waals surface area contributed by atoms with E-state index in [-0.39, 0.29) is 11.5 Å². The molecule has 0 aliphatic carbocycles. The predicted octanol–water partition coefficient (Wildman–Crippen LogP) is 2.48.